The second-order valence-corrected chi connectivity index (χ2v) is 4.32. The van der Waals surface area contributed by atoms with Crippen molar-refractivity contribution in [3.63, 3.8) is 0 Å². The summed E-state index contributed by atoms with van der Waals surface area (Å²) in [5.41, 5.74) is 1.93. The molecule has 0 saturated heterocycles. The van der Waals surface area contributed by atoms with Crippen molar-refractivity contribution in [1.29, 1.82) is 0 Å². The van der Waals surface area contributed by atoms with Gasteiger partial charge in [-0.3, -0.25) is 4.68 Å². The minimum Gasteiger partial charge on any atom is -0.465 e. The molecule has 0 aliphatic heterocycles. The fraction of sp³-hybridized carbons (Fsp3) is 0.250. The molecule has 0 unspecified atom stereocenters. The number of nitrogens with zero attached hydrogens (tertiary/aromatic N) is 3. The van der Waals surface area contributed by atoms with Gasteiger partial charge in [-0.1, -0.05) is 16.8 Å². The molecule has 1 heterocycles. The molecular weight excluding hydrogens is 268 g/mol. The van der Waals surface area contributed by atoms with Gasteiger partial charge in [0.1, 0.15) is 0 Å². The molecule has 19 heavy (non-hydrogen) atoms. The molecule has 0 fully saturated rings. The molecule has 2 rings (SSSR count). The third-order valence-electron chi connectivity index (χ3n) is 2.66. The Morgan fingerprint density at radius 3 is 2.95 bits per heavy atom. The minimum absolute atomic E-state index is 0.415. The highest BCUT2D eigenvalue weighted by molar-refractivity contribution is 6.31. The number of hydrogen-bond donors (Lipinski definition) is 1. The number of carbonyl (C=O) groups excluding carboxylic acids is 1. The van der Waals surface area contributed by atoms with E-state index in [1.807, 2.05) is 0 Å². The van der Waals surface area contributed by atoms with E-state index in [-0.39, 0.29) is 0 Å². The van der Waals surface area contributed by atoms with Crippen LogP contribution in [0.1, 0.15) is 16.1 Å². The third-order valence-corrected chi connectivity index (χ3v) is 2.89. The molecule has 6 nitrogen and oxygen atoms in total. The zero-order valence-electron chi connectivity index (χ0n) is 10.6. The first-order valence-electron chi connectivity index (χ1n) is 5.57. The van der Waals surface area contributed by atoms with Gasteiger partial charge in [0.15, 0.2) is 0 Å². The molecule has 0 aliphatic rings. The number of rotatable bonds is 4. The molecule has 0 spiro atoms. The van der Waals surface area contributed by atoms with Gasteiger partial charge in [-0.25, -0.2) is 4.79 Å². The van der Waals surface area contributed by atoms with Crippen molar-refractivity contribution >= 4 is 23.3 Å². The fourth-order valence-electron chi connectivity index (χ4n) is 1.61. The first-order valence-corrected chi connectivity index (χ1v) is 5.95. The van der Waals surface area contributed by atoms with Crippen LogP contribution in [-0.4, -0.2) is 28.1 Å². The Labute approximate surface area is 115 Å². The number of benzene rings is 1. The van der Waals surface area contributed by atoms with Gasteiger partial charge in [-0.15, -0.1) is 5.10 Å². The van der Waals surface area contributed by atoms with Crippen LogP contribution in [0.2, 0.25) is 5.02 Å². The van der Waals surface area contributed by atoms with Crippen LogP contribution in [0.25, 0.3) is 0 Å². The lowest BCUT2D eigenvalue weighted by atomic mass is 10.1. The van der Waals surface area contributed by atoms with E-state index < -0.39 is 5.97 Å². The Kier molecular flexibility index (Phi) is 4.01. The molecule has 0 aliphatic carbocycles. The number of esters is 1. The maximum absolute atomic E-state index is 11.6. The van der Waals surface area contributed by atoms with Crippen molar-refractivity contribution in [2.75, 3.05) is 12.4 Å². The fourth-order valence-corrected chi connectivity index (χ4v) is 1.78. The lowest BCUT2D eigenvalue weighted by molar-refractivity contribution is 0.0602. The highest BCUT2D eigenvalue weighted by atomic mass is 35.5. The Morgan fingerprint density at radius 1 is 1.53 bits per heavy atom. The van der Waals surface area contributed by atoms with Crippen molar-refractivity contribution in [3.05, 3.63) is 40.7 Å². The molecule has 0 radical (unpaired) electrons. The number of carbonyl (C=O) groups is 1. The summed E-state index contributed by atoms with van der Waals surface area (Å²) >= 11 is 5.93. The lowest BCUT2D eigenvalue weighted by Gasteiger charge is -2.11. The quantitative estimate of drug-likeness (QED) is 0.866. The van der Waals surface area contributed by atoms with Crippen molar-refractivity contribution in [2.24, 2.45) is 7.05 Å². The number of aromatic nitrogens is 3. The Balaban J connectivity index is 2.21. The second kappa shape index (κ2) is 5.71. The standard InChI is InChI=1S/C12H13ClN4O2/c1-17-9(7-15-16-17)6-14-11-5-8(13)3-4-10(11)12(18)19-2/h3-5,7,14H,6H2,1-2H3. The van der Waals surface area contributed by atoms with Gasteiger partial charge in [0.05, 0.1) is 36.8 Å². The summed E-state index contributed by atoms with van der Waals surface area (Å²) in [5.74, 6) is -0.415. The van der Waals surface area contributed by atoms with Gasteiger partial charge in [-0.2, -0.15) is 0 Å². The van der Waals surface area contributed by atoms with Crippen molar-refractivity contribution in [1.82, 2.24) is 15.0 Å². The monoisotopic (exact) mass is 280 g/mol. The van der Waals surface area contributed by atoms with Crippen LogP contribution < -0.4 is 5.32 Å². The number of aryl methyl sites for hydroxylation is 1. The van der Waals surface area contributed by atoms with Crippen LogP contribution in [0.15, 0.2) is 24.4 Å². The third kappa shape index (κ3) is 3.03. The molecule has 100 valence electrons. The first-order chi connectivity index (χ1) is 9.11. The van der Waals surface area contributed by atoms with Crippen LogP contribution in [0, 0.1) is 0 Å². The molecule has 0 atom stereocenters. The molecule has 0 bridgehead atoms. The molecule has 0 amide bonds. The van der Waals surface area contributed by atoms with E-state index in [0.29, 0.717) is 22.8 Å². The van der Waals surface area contributed by atoms with Crippen molar-refractivity contribution in [2.45, 2.75) is 6.54 Å². The molecule has 1 N–H and O–H groups in total. The van der Waals surface area contributed by atoms with Gasteiger partial charge in [0.25, 0.3) is 0 Å². The van der Waals surface area contributed by atoms with E-state index in [9.17, 15) is 4.79 Å². The van der Waals surface area contributed by atoms with E-state index in [4.69, 9.17) is 16.3 Å². The SMILES string of the molecule is COC(=O)c1ccc(Cl)cc1NCc1cnnn1C. The van der Waals surface area contributed by atoms with E-state index in [1.54, 1.807) is 36.1 Å². The van der Waals surface area contributed by atoms with Gasteiger partial charge >= 0.3 is 5.97 Å². The topological polar surface area (TPSA) is 69.0 Å². The number of methoxy groups -OCH3 is 1. The van der Waals surface area contributed by atoms with Gasteiger partial charge < -0.3 is 10.1 Å². The number of hydrogen-bond acceptors (Lipinski definition) is 5. The van der Waals surface area contributed by atoms with Crippen LogP contribution in [0.5, 0.6) is 0 Å². The lowest BCUT2D eigenvalue weighted by Crippen LogP contribution is -2.10. The summed E-state index contributed by atoms with van der Waals surface area (Å²) in [5, 5.41) is 11.3. The maximum Gasteiger partial charge on any atom is 0.339 e. The number of ether oxygens (including phenoxy) is 1. The molecular formula is C12H13ClN4O2. The number of halogens is 1. The summed E-state index contributed by atoms with van der Waals surface area (Å²) in [6, 6.07) is 4.94. The zero-order valence-corrected chi connectivity index (χ0v) is 11.3. The van der Waals surface area contributed by atoms with Gasteiger partial charge in [0, 0.05) is 12.1 Å². The van der Waals surface area contributed by atoms with Crippen molar-refractivity contribution in [3.8, 4) is 0 Å². The summed E-state index contributed by atoms with van der Waals surface area (Å²) in [6.45, 7) is 0.480. The predicted octanol–water partition coefficient (Wildman–Crippen LogP) is 1.87. The predicted molar refractivity (Wildman–Crippen MR) is 71.1 cm³/mol. The molecule has 1 aromatic carbocycles. The van der Waals surface area contributed by atoms with Crippen molar-refractivity contribution < 1.29 is 9.53 Å². The van der Waals surface area contributed by atoms with Crippen LogP contribution >= 0.6 is 11.6 Å². The van der Waals surface area contributed by atoms with Gasteiger partial charge in [0.2, 0.25) is 0 Å². The molecule has 1 aromatic heterocycles. The van der Waals surface area contributed by atoms with Crippen LogP contribution in [-0.2, 0) is 18.3 Å². The molecule has 7 heteroatoms. The molecule has 2 aromatic rings. The Morgan fingerprint density at radius 2 is 2.32 bits per heavy atom. The van der Waals surface area contributed by atoms with E-state index in [0.717, 1.165) is 5.69 Å². The smallest absolute Gasteiger partial charge is 0.339 e. The summed E-state index contributed by atoms with van der Waals surface area (Å²) in [6.07, 6.45) is 1.65. The summed E-state index contributed by atoms with van der Waals surface area (Å²) < 4.78 is 6.37. The average molecular weight is 281 g/mol. The average Bonchev–Trinajstić information content (AvgIpc) is 2.81. The summed E-state index contributed by atoms with van der Waals surface area (Å²) in [4.78, 5) is 11.6. The Bertz CT molecular complexity index is 597. The maximum atomic E-state index is 11.6. The first kappa shape index (κ1) is 13.4. The molecule has 0 saturated carbocycles. The number of nitrogens with one attached hydrogen (secondary N) is 1. The normalized spacial score (nSPS) is 10.3. The zero-order chi connectivity index (χ0) is 13.8. The van der Waals surface area contributed by atoms with Crippen LogP contribution in [0.4, 0.5) is 5.69 Å². The Hall–Kier alpha value is -2.08. The van der Waals surface area contributed by atoms with E-state index in [2.05, 4.69) is 15.6 Å². The minimum atomic E-state index is -0.415. The number of anilines is 1. The summed E-state index contributed by atoms with van der Waals surface area (Å²) in [7, 11) is 3.13. The van der Waals surface area contributed by atoms with Gasteiger partial charge in [-0.05, 0) is 18.2 Å². The van der Waals surface area contributed by atoms with E-state index >= 15 is 0 Å². The second-order valence-electron chi connectivity index (χ2n) is 3.88. The van der Waals surface area contributed by atoms with Crippen LogP contribution in [0.3, 0.4) is 0 Å². The highest BCUT2D eigenvalue weighted by Crippen LogP contribution is 2.22. The van der Waals surface area contributed by atoms with E-state index in [1.165, 1.54) is 7.11 Å². The highest BCUT2D eigenvalue weighted by Gasteiger charge is 2.12. The largest absolute Gasteiger partial charge is 0.465 e.